The van der Waals surface area contributed by atoms with Gasteiger partial charge in [0.1, 0.15) is 5.92 Å². The Balaban J connectivity index is 2.34. The van der Waals surface area contributed by atoms with Crippen LogP contribution in [0.5, 0.6) is 0 Å². The van der Waals surface area contributed by atoms with Crippen LogP contribution in [0.15, 0.2) is 59.8 Å². The van der Waals surface area contributed by atoms with Gasteiger partial charge in [0.25, 0.3) is 5.69 Å². The van der Waals surface area contributed by atoms with E-state index in [0.29, 0.717) is 5.02 Å². The van der Waals surface area contributed by atoms with E-state index in [2.05, 4.69) is 5.32 Å². The van der Waals surface area contributed by atoms with E-state index in [9.17, 15) is 24.8 Å². The van der Waals surface area contributed by atoms with Crippen molar-refractivity contribution in [1.29, 1.82) is 0 Å². The van der Waals surface area contributed by atoms with E-state index in [4.69, 9.17) is 21.1 Å². The van der Waals surface area contributed by atoms with Crippen LogP contribution in [0.3, 0.4) is 0 Å². The van der Waals surface area contributed by atoms with Crippen molar-refractivity contribution in [1.82, 2.24) is 5.32 Å². The first kappa shape index (κ1) is 25.2. The Morgan fingerprint density at radius 3 is 2.44 bits per heavy atom. The van der Waals surface area contributed by atoms with Gasteiger partial charge >= 0.3 is 11.9 Å². The molecule has 3 atom stereocenters. The Morgan fingerprint density at radius 1 is 1.15 bits per heavy atom. The van der Waals surface area contributed by atoms with Crippen molar-refractivity contribution in [2.45, 2.75) is 32.4 Å². The fourth-order valence-electron chi connectivity index (χ4n) is 4.27. The minimum atomic E-state index is -2.05. The van der Waals surface area contributed by atoms with Gasteiger partial charge in [-0.1, -0.05) is 35.9 Å². The number of nitrogens with one attached hydrogen (secondary N) is 1. The minimum absolute atomic E-state index is 0.0139. The van der Waals surface area contributed by atoms with Gasteiger partial charge in [0.2, 0.25) is 0 Å². The van der Waals surface area contributed by atoms with E-state index in [-0.39, 0.29) is 41.3 Å². The van der Waals surface area contributed by atoms with Crippen molar-refractivity contribution in [3.05, 3.63) is 86.1 Å². The molecular weight excluding hydrogens is 464 g/mol. The molecule has 2 N–H and O–H groups in total. The number of allylic oxidation sites excluding steroid dienone is 1. The molecule has 0 aliphatic carbocycles. The number of benzene rings is 2. The van der Waals surface area contributed by atoms with E-state index >= 15 is 0 Å². The lowest BCUT2D eigenvalue weighted by Crippen LogP contribution is -2.57. The summed E-state index contributed by atoms with van der Waals surface area (Å²) in [6.07, 6.45) is 0. The maximum atomic E-state index is 13.3. The third-order valence-electron chi connectivity index (χ3n) is 5.62. The average Bonchev–Trinajstić information content (AvgIpc) is 2.78. The summed E-state index contributed by atoms with van der Waals surface area (Å²) in [5, 5.41) is 26.6. The van der Waals surface area contributed by atoms with Crippen molar-refractivity contribution in [2.75, 3.05) is 13.2 Å². The number of non-ortho nitro benzene ring substituents is 1. The topological polar surface area (TPSA) is 128 Å². The molecule has 9 nitrogen and oxygen atoms in total. The molecule has 0 saturated heterocycles. The van der Waals surface area contributed by atoms with Crippen molar-refractivity contribution < 1.29 is 29.1 Å². The number of esters is 2. The van der Waals surface area contributed by atoms with Crippen LogP contribution in [0, 0.1) is 16.0 Å². The van der Waals surface area contributed by atoms with Gasteiger partial charge in [0.05, 0.1) is 23.7 Å². The van der Waals surface area contributed by atoms with Crippen molar-refractivity contribution in [3.8, 4) is 0 Å². The van der Waals surface area contributed by atoms with Crippen molar-refractivity contribution in [3.63, 3.8) is 0 Å². The summed E-state index contributed by atoms with van der Waals surface area (Å²) in [5.41, 5.74) is -1.43. The first-order valence-corrected chi connectivity index (χ1v) is 11.1. The molecule has 1 aliphatic heterocycles. The number of rotatable bonds is 7. The second kappa shape index (κ2) is 10.2. The quantitative estimate of drug-likeness (QED) is 0.342. The number of carbonyl (C=O) groups is 2. The van der Waals surface area contributed by atoms with E-state index in [1.54, 1.807) is 45.0 Å². The second-order valence-corrected chi connectivity index (χ2v) is 8.16. The fourth-order valence-corrected chi connectivity index (χ4v) is 4.46. The molecule has 0 radical (unpaired) electrons. The molecule has 0 bridgehead atoms. The van der Waals surface area contributed by atoms with Crippen LogP contribution < -0.4 is 5.32 Å². The number of nitrogens with zero attached hydrogens (tertiary/aromatic N) is 1. The van der Waals surface area contributed by atoms with Crippen LogP contribution >= 0.6 is 11.6 Å². The molecule has 2 aromatic carbocycles. The zero-order chi connectivity index (χ0) is 25.0. The highest BCUT2D eigenvalue weighted by Gasteiger charge is 2.55. The summed E-state index contributed by atoms with van der Waals surface area (Å²) in [4.78, 5) is 37.3. The second-order valence-electron chi connectivity index (χ2n) is 7.72. The molecule has 2 aromatic rings. The van der Waals surface area contributed by atoms with Crippen LogP contribution in [-0.4, -0.2) is 35.2 Å². The lowest BCUT2D eigenvalue weighted by Gasteiger charge is -2.45. The average molecular weight is 489 g/mol. The van der Waals surface area contributed by atoms with Gasteiger partial charge in [-0.3, -0.25) is 14.9 Å². The zero-order valence-electron chi connectivity index (χ0n) is 18.9. The number of aliphatic hydroxyl groups is 1. The fraction of sp³-hybridized carbons (Fsp3) is 0.333. The summed E-state index contributed by atoms with van der Waals surface area (Å²) >= 11 is 6.16. The number of carbonyl (C=O) groups excluding carboxylic acids is 2. The molecule has 1 aliphatic rings. The monoisotopic (exact) mass is 488 g/mol. The summed E-state index contributed by atoms with van der Waals surface area (Å²) in [5.74, 6) is -4.05. The third kappa shape index (κ3) is 4.76. The third-order valence-corrected chi connectivity index (χ3v) is 5.85. The molecule has 0 aromatic heterocycles. The summed E-state index contributed by atoms with van der Waals surface area (Å²) in [7, 11) is 0. The Hall–Kier alpha value is -3.43. The summed E-state index contributed by atoms with van der Waals surface area (Å²) in [6, 6.07) is 11.9. The van der Waals surface area contributed by atoms with Crippen LogP contribution in [0.1, 0.15) is 37.8 Å². The van der Waals surface area contributed by atoms with E-state index in [0.717, 1.165) is 0 Å². The summed E-state index contributed by atoms with van der Waals surface area (Å²) in [6.45, 7) is 4.90. The Labute approximate surface area is 201 Å². The summed E-state index contributed by atoms with van der Waals surface area (Å²) < 4.78 is 10.5. The van der Waals surface area contributed by atoms with Gasteiger partial charge in [-0.05, 0) is 38.5 Å². The Morgan fingerprint density at radius 2 is 1.82 bits per heavy atom. The van der Waals surface area contributed by atoms with Gasteiger partial charge in [-0.2, -0.15) is 0 Å². The van der Waals surface area contributed by atoms with Crippen LogP contribution in [0.4, 0.5) is 5.69 Å². The molecule has 0 amide bonds. The van der Waals surface area contributed by atoms with E-state index < -0.39 is 34.4 Å². The predicted octanol–water partition coefficient (Wildman–Crippen LogP) is 3.80. The Kier molecular flexibility index (Phi) is 7.58. The Bertz CT molecular complexity index is 1150. The molecule has 1 heterocycles. The zero-order valence-corrected chi connectivity index (χ0v) is 19.7. The van der Waals surface area contributed by atoms with Gasteiger partial charge < -0.3 is 19.9 Å². The normalized spacial score (nSPS) is 22.0. The van der Waals surface area contributed by atoms with Gasteiger partial charge in [0.15, 0.2) is 5.72 Å². The molecule has 3 rings (SSSR count). The number of hydrogen-bond acceptors (Lipinski definition) is 8. The number of nitro groups is 1. The van der Waals surface area contributed by atoms with E-state index in [1.165, 1.54) is 24.3 Å². The molecule has 180 valence electrons. The van der Waals surface area contributed by atoms with Crippen LogP contribution in [0.25, 0.3) is 0 Å². The highest BCUT2D eigenvalue weighted by molar-refractivity contribution is 6.30. The highest BCUT2D eigenvalue weighted by Crippen LogP contribution is 2.48. The first-order valence-electron chi connectivity index (χ1n) is 10.7. The largest absolute Gasteiger partial charge is 0.466 e. The lowest BCUT2D eigenvalue weighted by atomic mass is 9.69. The van der Waals surface area contributed by atoms with Gasteiger partial charge in [-0.15, -0.1) is 0 Å². The standard InChI is InChI=1S/C24H25ClN2O7/c1-4-33-22(28)19-14(3)26-24(30,16-9-7-10-17(25)13-16)21(23(29)34-5-2)20(19)15-8-6-11-18(12-15)27(31)32/h6-13,20-21,26,30H,4-5H2,1-3H3. The molecule has 0 spiro atoms. The molecular formula is C24H25ClN2O7. The molecule has 3 unspecified atom stereocenters. The number of halogens is 1. The van der Waals surface area contributed by atoms with Crippen LogP contribution in [0.2, 0.25) is 5.02 Å². The van der Waals surface area contributed by atoms with E-state index in [1.807, 2.05) is 0 Å². The SMILES string of the molecule is CCOC(=O)C1=C(C)NC(O)(c2cccc(Cl)c2)C(C(=O)OCC)C1c1cccc([N+](=O)[O-])c1. The molecule has 10 heteroatoms. The predicted molar refractivity (Wildman–Crippen MR) is 124 cm³/mol. The molecule has 0 fully saturated rings. The van der Waals surface area contributed by atoms with Crippen molar-refractivity contribution >= 4 is 29.2 Å². The maximum absolute atomic E-state index is 13.3. The molecule has 0 saturated carbocycles. The number of ether oxygens (including phenoxy) is 2. The highest BCUT2D eigenvalue weighted by atomic mass is 35.5. The lowest BCUT2D eigenvalue weighted by molar-refractivity contribution is -0.384. The van der Waals surface area contributed by atoms with Crippen molar-refractivity contribution in [2.24, 2.45) is 5.92 Å². The molecule has 34 heavy (non-hydrogen) atoms. The maximum Gasteiger partial charge on any atom is 0.336 e. The van der Waals surface area contributed by atoms with Crippen LogP contribution in [-0.2, 0) is 24.8 Å². The van der Waals surface area contributed by atoms with Gasteiger partial charge in [0, 0.05) is 34.3 Å². The number of nitro benzene ring substituents is 1. The first-order chi connectivity index (χ1) is 16.1. The smallest absolute Gasteiger partial charge is 0.336 e. The number of hydrogen-bond donors (Lipinski definition) is 2. The minimum Gasteiger partial charge on any atom is -0.466 e. The van der Waals surface area contributed by atoms with Gasteiger partial charge in [-0.25, -0.2) is 4.79 Å².